The fourth-order valence-electron chi connectivity index (χ4n) is 1.78. The summed E-state index contributed by atoms with van der Waals surface area (Å²) in [7, 11) is -4.27. The lowest BCUT2D eigenvalue weighted by Crippen LogP contribution is -2.10. The Morgan fingerprint density at radius 2 is 1.52 bits per heavy atom. The van der Waals surface area contributed by atoms with Crippen LogP contribution in [0.1, 0.15) is 20.7 Å². The van der Waals surface area contributed by atoms with Crippen molar-refractivity contribution in [1.82, 2.24) is 0 Å². The van der Waals surface area contributed by atoms with Crippen molar-refractivity contribution >= 4 is 49.5 Å². The SMILES string of the molecule is [N-]=[N+]=Nc1ccc(S(=O)(=O)Oc2cc(C(=O)Cl)cc(C(=O)Cl)c2)cc1. The third-order valence-electron chi connectivity index (χ3n) is 2.85. The fraction of sp³-hybridized carbons (Fsp3) is 0. The Bertz CT molecular complexity index is 967. The fourth-order valence-corrected chi connectivity index (χ4v) is 2.91. The van der Waals surface area contributed by atoms with Gasteiger partial charge in [0, 0.05) is 21.7 Å². The predicted octanol–water partition coefficient (Wildman–Crippen LogP) is 4.15. The van der Waals surface area contributed by atoms with Crippen molar-refractivity contribution in [3.8, 4) is 5.75 Å². The maximum Gasteiger partial charge on any atom is 0.339 e. The van der Waals surface area contributed by atoms with Crippen molar-refractivity contribution in [1.29, 1.82) is 0 Å². The van der Waals surface area contributed by atoms with Crippen LogP contribution in [0.15, 0.2) is 52.5 Å². The molecule has 0 saturated heterocycles. The lowest BCUT2D eigenvalue weighted by Gasteiger charge is -2.09. The molecule has 0 heterocycles. The van der Waals surface area contributed by atoms with Crippen LogP contribution < -0.4 is 4.18 Å². The summed E-state index contributed by atoms with van der Waals surface area (Å²) in [4.78, 5) is 24.9. The van der Waals surface area contributed by atoms with E-state index >= 15 is 0 Å². The van der Waals surface area contributed by atoms with Crippen molar-refractivity contribution in [3.05, 3.63) is 64.0 Å². The number of rotatable bonds is 6. The van der Waals surface area contributed by atoms with Gasteiger partial charge >= 0.3 is 10.1 Å². The van der Waals surface area contributed by atoms with Gasteiger partial charge in [-0.2, -0.15) is 8.42 Å². The topological polar surface area (TPSA) is 126 Å². The van der Waals surface area contributed by atoms with Crippen molar-refractivity contribution in [2.45, 2.75) is 4.90 Å². The molecule has 0 amide bonds. The van der Waals surface area contributed by atoms with E-state index < -0.39 is 20.6 Å². The lowest BCUT2D eigenvalue weighted by molar-refractivity contribution is 0.108. The van der Waals surface area contributed by atoms with Gasteiger partial charge < -0.3 is 4.18 Å². The highest BCUT2D eigenvalue weighted by molar-refractivity contribution is 7.87. The van der Waals surface area contributed by atoms with E-state index in [0.29, 0.717) is 0 Å². The summed E-state index contributed by atoms with van der Waals surface area (Å²) in [6, 6.07) is 8.13. The molecule has 8 nitrogen and oxygen atoms in total. The Kier molecular flexibility index (Phi) is 5.66. The molecule has 2 aromatic carbocycles. The van der Waals surface area contributed by atoms with Gasteiger partial charge in [-0.3, -0.25) is 9.59 Å². The zero-order chi connectivity index (χ0) is 18.6. The molecular formula is C14H7Cl2N3O5S. The van der Waals surface area contributed by atoms with Gasteiger partial charge in [0.15, 0.2) is 0 Å². The summed E-state index contributed by atoms with van der Waals surface area (Å²) >= 11 is 10.7. The maximum atomic E-state index is 12.3. The lowest BCUT2D eigenvalue weighted by atomic mass is 10.1. The molecule has 0 spiro atoms. The summed E-state index contributed by atoms with van der Waals surface area (Å²) in [6.45, 7) is 0. The van der Waals surface area contributed by atoms with E-state index in [0.717, 1.165) is 18.2 Å². The van der Waals surface area contributed by atoms with Crippen LogP contribution in [0, 0.1) is 0 Å². The third-order valence-corrected chi connectivity index (χ3v) is 4.55. The van der Waals surface area contributed by atoms with Gasteiger partial charge in [-0.25, -0.2) is 0 Å². The standard InChI is InChI=1S/C14H7Cl2N3O5S/c15-13(20)8-5-9(14(16)21)7-11(6-8)24-25(22,23)12-3-1-10(2-4-12)18-19-17/h1-7H. The molecule has 0 atom stereocenters. The smallest absolute Gasteiger partial charge is 0.339 e. The van der Waals surface area contributed by atoms with Gasteiger partial charge in [0.2, 0.25) is 0 Å². The minimum Gasteiger partial charge on any atom is -0.379 e. The molecule has 0 N–H and O–H groups in total. The van der Waals surface area contributed by atoms with Crippen molar-refractivity contribution < 1.29 is 22.2 Å². The first kappa shape index (κ1) is 18.8. The van der Waals surface area contributed by atoms with E-state index in [4.69, 9.17) is 32.9 Å². The number of hydrogen-bond donors (Lipinski definition) is 0. The number of carbonyl (C=O) groups is 2. The molecule has 128 valence electrons. The molecule has 0 aromatic heterocycles. The second-order valence-electron chi connectivity index (χ2n) is 4.51. The number of azide groups is 1. The summed E-state index contributed by atoms with van der Waals surface area (Å²) in [5, 5.41) is 1.48. The number of benzene rings is 2. The summed E-state index contributed by atoms with van der Waals surface area (Å²) in [5.41, 5.74) is 8.23. The Balaban J connectivity index is 2.41. The number of nitrogens with zero attached hydrogens (tertiary/aromatic N) is 3. The molecule has 0 bridgehead atoms. The second-order valence-corrected chi connectivity index (χ2v) is 6.75. The number of hydrogen-bond acceptors (Lipinski definition) is 6. The molecule has 0 radical (unpaired) electrons. The monoisotopic (exact) mass is 399 g/mol. The van der Waals surface area contributed by atoms with Crippen molar-refractivity contribution in [2.24, 2.45) is 5.11 Å². The van der Waals surface area contributed by atoms with Crippen LogP contribution in [0.5, 0.6) is 5.75 Å². The van der Waals surface area contributed by atoms with E-state index in [9.17, 15) is 18.0 Å². The van der Waals surface area contributed by atoms with E-state index in [1.807, 2.05) is 0 Å². The van der Waals surface area contributed by atoms with Gasteiger partial charge in [-0.15, -0.1) is 0 Å². The quantitative estimate of drug-likeness (QED) is 0.237. The minimum absolute atomic E-state index is 0.155. The molecule has 0 aliphatic rings. The Hall–Kier alpha value is -2.58. The van der Waals surface area contributed by atoms with Gasteiger partial charge in [-0.1, -0.05) is 17.2 Å². The van der Waals surface area contributed by atoms with Crippen molar-refractivity contribution in [3.63, 3.8) is 0 Å². The van der Waals surface area contributed by atoms with Gasteiger partial charge in [0.25, 0.3) is 10.5 Å². The first-order valence-corrected chi connectivity index (χ1v) is 8.54. The summed E-state index contributed by atoms with van der Waals surface area (Å²) in [5.74, 6) is -0.311. The summed E-state index contributed by atoms with van der Waals surface area (Å²) in [6.07, 6.45) is 0. The Morgan fingerprint density at radius 1 is 1.00 bits per heavy atom. The number of carbonyl (C=O) groups excluding carboxylic acids is 2. The molecular weight excluding hydrogens is 393 g/mol. The minimum atomic E-state index is -4.27. The zero-order valence-corrected chi connectivity index (χ0v) is 14.4. The van der Waals surface area contributed by atoms with Gasteiger partial charge in [-0.05, 0) is 59.1 Å². The predicted molar refractivity (Wildman–Crippen MR) is 89.9 cm³/mol. The third kappa shape index (κ3) is 4.71. The molecule has 25 heavy (non-hydrogen) atoms. The van der Waals surface area contributed by atoms with E-state index in [2.05, 4.69) is 10.0 Å². The van der Waals surface area contributed by atoms with Crippen LogP contribution in [0.3, 0.4) is 0 Å². The summed E-state index contributed by atoms with van der Waals surface area (Å²) < 4.78 is 29.5. The largest absolute Gasteiger partial charge is 0.379 e. The molecule has 2 rings (SSSR count). The van der Waals surface area contributed by atoms with Crippen LogP contribution in [0.2, 0.25) is 0 Å². The normalized spacial score (nSPS) is 10.6. The molecule has 0 saturated carbocycles. The average Bonchev–Trinajstić information content (AvgIpc) is 2.55. The highest BCUT2D eigenvalue weighted by Crippen LogP contribution is 2.25. The van der Waals surface area contributed by atoms with Crippen LogP contribution in [-0.2, 0) is 10.1 Å². The van der Waals surface area contributed by atoms with Crippen LogP contribution in [0.25, 0.3) is 10.4 Å². The molecule has 0 aliphatic carbocycles. The molecule has 11 heteroatoms. The van der Waals surface area contributed by atoms with Gasteiger partial charge in [0.1, 0.15) is 10.6 Å². The average molecular weight is 400 g/mol. The first-order valence-electron chi connectivity index (χ1n) is 6.37. The number of halogens is 2. The molecule has 0 unspecified atom stereocenters. The molecule has 0 fully saturated rings. The zero-order valence-electron chi connectivity index (χ0n) is 12.1. The molecule has 2 aromatic rings. The van der Waals surface area contributed by atoms with Crippen molar-refractivity contribution in [2.75, 3.05) is 0 Å². The van der Waals surface area contributed by atoms with Crippen LogP contribution in [0.4, 0.5) is 5.69 Å². The Labute approximate surface area is 151 Å². The highest BCUT2D eigenvalue weighted by atomic mass is 35.5. The second kappa shape index (κ2) is 7.54. The Morgan fingerprint density at radius 3 is 1.96 bits per heavy atom. The van der Waals surface area contributed by atoms with Crippen LogP contribution >= 0.6 is 23.2 Å². The van der Waals surface area contributed by atoms with E-state index in [1.165, 1.54) is 24.3 Å². The van der Waals surface area contributed by atoms with E-state index in [1.54, 1.807) is 0 Å². The maximum absolute atomic E-state index is 12.3. The highest BCUT2D eigenvalue weighted by Gasteiger charge is 2.19. The van der Waals surface area contributed by atoms with Crippen LogP contribution in [-0.4, -0.2) is 18.9 Å². The molecule has 0 aliphatic heterocycles. The van der Waals surface area contributed by atoms with Gasteiger partial charge in [0.05, 0.1) is 0 Å². The van der Waals surface area contributed by atoms with E-state index in [-0.39, 0.29) is 27.5 Å². The first-order chi connectivity index (χ1) is 11.7.